The molecule has 2 aromatic carbocycles. The molecule has 1 aliphatic heterocycles. The van der Waals surface area contributed by atoms with Gasteiger partial charge < -0.3 is 4.74 Å². The molecule has 0 saturated carbocycles. The van der Waals surface area contributed by atoms with Gasteiger partial charge in [0.05, 0.1) is 17.5 Å². The van der Waals surface area contributed by atoms with Crippen LogP contribution in [0.15, 0.2) is 24.3 Å². The summed E-state index contributed by atoms with van der Waals surface area (Å²) in [5.41, 5.74) is 6.35. The molecule has 0 N–H and O–H groups in total. The van der Waals surface area contributed by atoms with Gasteiger partial charge in [-0.1, -0.05) is 0 Å². The minimum absolute atomic E-state index is 0.209. The van der Waals surface area contributed by atoms with E-state index in [1.165, 1.54) is 16.6 Å². The van der Waals surface area contributed by atoms with Gasteiger partial charge in [0.1, 0.15) is 0 Å². The fourth-order valence-corrected chi connectivity index (χ4v) is 5.29. The first kappa shape index (κ1) is 22.0. The second-order valence-corrected chi connectivity index (χ2v) is 9.93. The highest BCUT2D eigenvalue weighted by atomic mass is 32.2. The summed E-state index contributed by atoms with van der Waals surface area (Å²) >= 11 is 0. The Balaban J connectivity index is 1.76. The van der Waals surface area contributed by atoms with Crippen LogP contribution in [-0.4, -0.2) is 39.1 Å². The summed E-state index contributed by atoms with van der Waals surface area (Å²) in [7, 11) is -3.39. The van der Waals surface area contributed by atoms with Crippen LogP contribution >= 0.6 is 0 Å². The third kappa shape index (κ3) is 3.99. The van der Waals surface area contributed by atoms with Crippen LogP contribution < -0.4 is 4.31 Å². The number of anilines is 1. The average molecular weight is 430 g/mol. The molecule has 0 aliphatic carbocycles. The number of carbonyl (C=O) groups is 2. The average Bonchev–Trinajstić information content (AvgIpc) is 3.01. The highest BCUT2D eigenvalue weighted by Gasteiger charge is 2.33. The van der Waals surface area contributed by atoms with Gasteiger partial charge in [-0.3, -0.25) is 9.10 Å². The summed E-state index contributed by atoms with van der Waals surface area (Å²) in [5, 5.41) is 0. The second-order valence-electron chi connectivity index (χ2n) is 8.07. The number of aryl methyl sites for hydroxylation is 1. The van der Waals surface area contributed by atoms with Crippen LogP contribution in [0.5, 0.6) is 0 Å². The molecule has 0 amide bonds. The fraction of sp³-hybridized carbons (Fsp3) is 0.391. The summed E-state index contributed by atoms with van der Waals surface area (Å²) in [6, 6.07) is 6.43. The Morgan fingerprint density at radius 1 is 1.07 bits per heavy atom. The number of ether oxygens (including phenoxy) is 1. The van der Waals surface area contributed by atoms with Gasteiger partial charge in [0.25, 0.3) is 0 Å². The van der Waals surface area contributed by atoms with Crippen molar-refractivity contribution in [1.82, 2.24) is 0 Å². The molecule has 3 rings (SSSR count). The minimum atomic E-state index is -3.39. The van der Waals surface area contributed by atoms with Crippen molar-refractivity contribution in [1.29, 1.82) is 0 Å². The van der Waals surface area contributed by atoms with Crippen LogP contribution in [0, 0.1) is 27.7 Å². The molecular weight excluding hydrogens is 402 g/mol. The van der Waals surface area contributed by atoms with E-state index in [9.17, 15) is 18.0 Å². The molecule has 0 aromatic heterocycles. The van der Waals surface area contributed by atoms with Gasteiger partial charge in [-0.2, -0.15) is 0 Å². The lowest BCUT2D eigenvalue weighted by Crippen LogP contribution is -2.34. The Bertz CT molecular complexity index is 1150. The maximum Gasteiger partial charge on any atom is 0.338 e. The van der Waals surface area contributed by atoms with E-state index in [0.717, 1.165) is 27.8 Å². The lowest BCUT2D eigenvalue weighted by Gasteiger charge is -2.21. The van der Waals surface area contributed by atoms with Crippen molar-refractivity contribution in [2.75, 3.05) is 17.2 Å². The number of hydrogen-bond acceptors (Lipinski definition) is 5. The van der Waals surface area contributed by atoms with E-state index in [2.05, 4.69) is 0 Å². The van der Waals surface area contributed by atoms with Crippen molar-refractivity contribution in [2.45, 2.75) is 47.1 Å². The molecule has 7 heteroatoms. The maximum absolute atomic E-state index is 12.7. The van der Waals surface area contributed by atoms with Crippen LogP contribution in [0.25, 0.3) is 0 Å². The van der Waals surface area contributed by atoms with Gasteiger partial charge >= 0.3 is 5.97 Å². The topological polar surface area (TPSA) is 80.8 Å². The molecule has 30 heavy (non-hydrogen) atoms. The zero-order valence-corrected chi connectivity index (χ0v) is 19.0. The van der Waals surface area contributed by atoms with Gasteiger partial charge in [-0.05, 0) is 93.1 Å². The molecule has 0 spiro atoms. The first-order valence-electron chi connectivity index (χ1n) is 9.82. The first-order valence-corrected chi connectivity index (χ1v) is 11.7. The third-order valence-electron chi connectivity index (χ3n) is 5.94. The van der Waals surface area contributed by atoms with Crippen molar-refractivity contribution in [2.24, 2.45) is 0 Å². The van der Waals surface area contributed by atoms with Gasteiger partial charge in [0.15, 0.2) is 6.61 Å². The number of Topliss-reactive ketones (excluding diaryl/α,β-unsaturated/α-hetero) is 1. The summed E-state index contributed by atoms with van der Waals surface area (Å²) in [6.07, 6.45) is 1.69. The largest absolute Gasteiger partial charge is 0.454 e. The van der Waals surface area contributed by atoms with E-state index in [4.69, 9.17) is 4.74 Å². The molecule has 0 radical (unpaired) electrons. The second kappa shape index (κ2) is 7.87. The number of sulfonamides is 1. The van der Waals surface area contributed by atoms with Gasteiger partial charge in [0.2, 0.25) is 15.8 Å². The molecule has 1 aliphatic rings. The molecule has 160 valence electrons. The predicted octanol–water partition coefficient (Wildman–Crippen LogP) is 3.67. The number of nitrogens with zero attached hydrogens (tertiary/aromatic N) is 1. The number of benzene rings is 2. The van der Waals surface area contributed by atoms with Gasteiger partial charge in [0, 0.05) is 11.6 Å². The van der Waals surface area contributed by atoms with E-state index in [1.807, 2.05) is 40.7 Å². The summed E-state index contributed by atoms with van der Waals surface area (Å²) < 4.78 is 30.7. The number of ketones is 1. The van der Waals surface area contributed by atoms with Crippen LogP contribution in [-0.2, 0) is 21.2 Å². The Labute approximate surface area is 177 Å². The number of carbonyl (C=O) groups excluding carboxylic acids is 2. The van der Waals surface area contributed by atoms with E-state index in [-0.39, 0.29) is 18.4 Å². The van der Waals surface area contributed by atoms with Crippen molar-refractivity contribution in [3.63, 3.8) is 0 Å². The van der Waals surface area contributed by atoms with E-state index in [0.29, 0.717) is 23.2 Å². The Morgan fingerprint density at radius 2 is 1.73 bits per heavy atom. The molecule has 6 nitrogen and oxygen atoms in total. The summed E-state index contributed by atoms with van der Waals surface area (Å²) in [6.45, 7) is 9.33. The Morgan fingerprint density at radius 3 is 2.37 bits per heavy atom. The van der Waals surface area contributed by atoms with Crippen molar-refractivity contribution in [3.05, 3.63) is 63.2 Å². The lowest BCUT2D eigenvalue weighted by atomic mass is 9.93. The molecule has 1 heterocycles. The van der Waals surface area contributed by atoms with Crippen molar-refractivity contribution >= 4 is 27.5 Å². The Kier molecular flexibility index (Phi) is 5.78. The van der Waals surface area contributed by atoms with Crippen molar-refractivity contribution in [3.8, 4) is 0 Å². The molecule has 1 unspecified atom stereocenters. The number of rotatable bonds is 5. The highest BCUT2D eigenvalue weighted by Crippen LogP contribution is 2.34. The standard InChI is InChI=1S/C23H27NO5S/c1-13-9-20(17(5)16(4)15(13)3)22(25)12-29-23(26)18-7-8-21-19(11-18)10-14(2)24(21)30(6,27)28/h7-9,11,14H,10,12H2,1-6H3. The highest BCUT2D eigenvalue weighted by molar-refractivity contribution is 7.92. The van der Waals surface area contributed by atoms with Crippen LogP contribution in [0.1, 0.15) is 55.5 Å². The molecule has 0 bridgehead atoms. The molecule has 0 fully saturated rings. The zero-order chi connectivity index (χ0) is 22.4. The maximum atomic E-state index is 12.7. The lowest BCUT2D eigenvalue weighted by molar-refractivity contribution is 0.0474. The number of fused-ring (bicyclic) bond motifs is 1. The summed E-state index contributed by atoms with van der Waals surface area (Å²) in [4.78, 5) is 25.2. The van der Waals surface area contributed by atoms with E-state index in [1.54, 1.807) is 12.1 Å². The SMILES string of the molecule is Cc1cc(C(=O)COC(=O)c2ccc3c(c2)CC(C)N3S(C)(=O)=O)c(C)c(C)c1C. The Hall–Kier alpha value is -2.67. The number of esters is 1. The molecule has 1 atom stereocenters. The monoisotopic (exact) mass is 429 g/mol. The molecule has 0 saturated heterocycles. The van der Waals surface area contributed by atoms with Crippen LogP contribution in [0.3, 0.4) is 0 Å². The quantitative estimate of drug-likeness (QED) is 0.535. The van der Waals surface area contributed by atoms with Crippen molar-refractivity contribution < 1.29 is 22.7 Å². The molecular formula is C23H27NO5S. The third-order valence-corrected chi connectivity index (χ3v) is 7.21. The first-order chi connectivity index (χ1) is 13.9. The predicted molar refractivity (Wildman–Crippen MR) is 117 cm³/mol. The normalized spacial score (nSPS) is 15.8. The van der Waals surface area contributed by atoms with E-state index >= 15 is 0 Å². The summed E-state index contributed by atoms with van der Waals surface area (Å²) in [5.74, 6) is -0.847. The van der Waals surface area contributed by atoms with Gasteiger partial charge in [-0.15, -0.1) is 0 Å². The van der Waals surface area contributed by atoms with Crippen LogP contribution in [0.4, 0.5) is 5.69 Å². The fourth-order valence-electron chi connectivity index (χ4n) is 4.03. The minimum Gasteiger partial charge on any atom is -0.454 e. The molecule has 2 aromatic rings. The van der Waals surface area contributed by atoms with E-state index < -0.39 is 16.0 Å². The smallest absolute Gasteiger partial charge is 0.338 e. The van der Waals surface area contributed by atoms with Crippen LogP contribution in [0.2, 0.25) is 0 Å². The zero-order valence-electron chi connectivity index (χ0n) is 18.2. The van der Waals surface area contributed by atoms with Gasteiger partial charge in [-0.25, -0.2) is 13.2 Å². The number of hydrogen-bond donors (Lipinski definition) is 0.